The minimum absolute atomic E-state index is 0.193. The highest BCUT2D eigenvalue weighted by Crippen LogP contribution is 2.28. The van der Waals surface area contributed by atoms with Gasteiger partial charge in [-0.2, -0.15) is 0 Å². The molecule has 0 unspecified atom stereocenters. The third-order valence-corrected chi connectivity index (χ3v) is 5.09. The van der Waals surface area contributed by atoms with Gasteiger partial charge in [-0.05, 0) is 54.6 Å². The Kier molecular flexibility index (Phi) is 6.47. The fraction of sp³-hybridized carbons (Fsp3) is 0.217. The Morgan fingerprint density at radius 1 is 1.10 bits per heavy atom. The van der Waals surface area contributed by atoms with Crippen molar-refractivity contribution in [2.45, 2.75) is 6.61 Å². The monoisotopic (exact) mass is 423 g/mol. The second-order valence-electron chi connectivity index (χ2n) is 6.86. The second-order valence-corrected chi connectivity index (χ2v) is 7.26. The summed E-state index contributed by atoms with van der Waals surface area (Å²) < 4.78 is 11.1. The largest absolute Gasteiger partial charge is 0.486 e. The fourth-order valence-electron chi connectivity index (χ4n) is 3.18. The number of carbonyl (C=O) groups is 1. The summed E-state index contributed by atoms with van der Waals surface area (Å²) in [5, 5.41) is 3.30. The molecule has 1 aliphatic heterocycles. The molecular weight excluding hydrogens is 402 g/mol. The molecule has 2 aromatic carbocycles. The summed E-state index contributed by atoms with van der Waals surface area (Å²) in [6.45, 7) is 3.49. The number of hydrogen-bond donors (Lipinski definition) is 1. The SMILES string of the molecule is O=C(Nc1ccc(OCc2ccccn2)c(Cl)c1)c1ccc(N2CCOCC2)cc1. The maximum absolute atomic E-state index is 12.6. The van der Waals surface area contributed by atoms with Gasteiger partial charge in [-0.25, -0.2) is 0 Å². The van der Waals surface area contributed by atoms with E-state index in [-0.39, 0.29) is 5.91 Å². The molecule has 154 valence electrons. The van der Waals surface area contributed by atoms with Crippen LogP contribution in [0.3, 0.4) is 0 Å². The fourth-order valence-corrected chi connectivity index (χ4v) is 3.41. The number of nitrogens with one attached hydrogen (secondary N) is 1. The molecule has 0 bridgehead atoms. The molecule has 1 aliphatic rings. The van der Waals surface area contributed by atoms with Gasteiger partial charge < -0.3 is 19.7 Å². The van der Waals surface area contributed by atoms with Gasteiger partial charge >= 0.3 is 0 Å². The Labute approximate surface area is 180 Å². The van der Waals surface area contributed by atoms with Crippen LogP contribution in [0.4, 0.5) is 11.4 Å². The molecule has 7 heteroatoms. The van der Waals surface area contributed by atoms with Crippen LogP contribution in [0.25, 0.3) is 0 Å². The molecule has 0 saturated carbocycles. The van der Waals surface area contributed by atoms with Crippen molar-refractivity contribution in [2.75, 3.05) is 36.5 Å². The van der Waals surface area contributed by atoms with Crippen LogP contribution in [0.1, 0.15) is 16.1 Å². The number of morpholine rings is 1. The van der Waals surface area contributed by atoms with Crippen molar-refractivity contribution in [3.63, 3.8) is 0 Å². The highest BCUT2D eigenvalue weighted by Gasteiger charge is 2.13. The van der Waals surface area contributed by atoms with Crippen LogP contribution in [-0.2, 0) is 11.3 Å². The number of ether oxygens (including phenoxy) is 2. The van der Waals surface area contributed by atoms with E-state index in [0.717, 1.165) is 37.7 Å². The van der Waals surface area contributed by atoms with E-state index < -0.39 is 0 Å². The maximum Gasteiger partial charge on any atom is 0.255 e. The second kappa shape index (κ2) is 9.61. The third kappa shape index (κ3) is 5.09. The first-order chi connectivity index (χ1) is 14.7. The summed E-state index contributed by atoms with van der Waals surface area (Å²) in [6.07, 6.45) is 1.71. The number of anilines is 2. The molecule has 3 aromatic rings. The van der Waals surface area contributed by atoms with Crippen molar-refractivity contribution in [1.82, 2.24) is 4.98 Å². The number of pyridine rings is 1. The van der Waals surface area contributed by atoms with Gasteiger partial charge in [-0.3, -0.25) is 9.78 Å². The number of hydrogen-bond acceptors (Lipinski definition) is 5. The van der Waals surface area contributed by atoms with Crippen molar-refractivity contribution in [2.24, 2.45) is 0 Å². The first-order valence-electron chi connectivity index (χ1n) is 9.75. The molecule has 30 heavy (non-hydrogen) atoms. The lowest BCUT2D eigenvalue weighted by Gasteiger charge is -2.28. The van der Waals surface area contributed by atoms with E-state index in [1.54, 1.807) is 24.4 Å². The molecule has 2 heterocycles. The zero-order valence-corrected chi connectivity index (χ0v) is 17.1. The number of rotatable bonds is 6. The van der Waals surface area contributed by atoms with Crippen molar-refractivity contribution >= 4 is 28.9 Å². The molecule has 0 aliphatic carbocycles. The van der Waals surface area contributed by atoms with Crippen LogP contribution in [0, 0.1) is 0 Å². The minimum Gasteiger partial charge on any atom is -0.486 e. The molecule has 1 aromatic heterocycles. The predicted octanol–water partition coefficient (Wildman–Crippen LogP) is 4.40. The van der Waals surface area contributed by atoms with Crippen LogP contribution >= 0.6 is 11.6 Å². The third-order valence-electron chi connectivity index (χ3n) is 4.80. The lowest BCUT2D eigenvalue weighted by Crippen LogP contribution is -2.36. The summed E-state index contributed by atoms with van der Waals surface area (Å²) >= 11 is 6.32. The first kappa shape index (κ1) is 20.2. The quantitative estimate of drug-likeness (QED) is 0.636. The average molecular weight is 424 g/mol. The Bertz CT molecular complexity index is 990. The van der Waals surface area contributed by atoms with E-state index >= 15 is 0 Å². The van der Waals surface area contributed by atoms with Gasteiger partial charge in [0.2, 0.25) is 0 Å². The standard InChI is InChI=1S/C23H22ClN3O3/c24-21-15-18(6-9-22(21)30-16-19-3-1-2-10-25-19)26-23(28)17-4-7-20(8-5-17)27-11-13-29-14-12-27/h1-10,15H,11-14,16H2,(H,26,28). The van der Waals surface area contributed by atoms with Gasteiger partial charge in [0.1, 0.15) is 12.4 Å². The summed E-state index contributed by atoms with van der Waals surface area (Å²) in [5.74, 6) is 0.344. The van der Waals surface area contributed by atoms with Gasteiger partial charge in [-0.1, -0.05) is 17.7 Å². The highest BCUT2D eigenvalue weighted by molar-refractivity contribution is 6.32. The summed E-state index contributed by atoms with van der Waals surface area (Å²) in [5.41, 5.74) is 3.09. The highest BCUT2D eigenvalue weighted by atomic mass is 35.5. The van der Waals surface area contributed by atoms with E-state index in [0.29, 0.717) is 28.6 Å². The normalized spacial score (nSPS) is 13.7. The number of carbonyl (C=O) groups excluding carboxylic acids is 1. The van der Waals surface area contributed by atoms with Gasteiger partial charge in [0.25, 0.3) is 5.91 Å². The van der Waals surface area contributed by atoms with Crippen LogP contribution in [0.2, 0.25) is 5.02 Å². The number of amides is 1. The Hall–Kier alpha value is -3.09. The van der Waals surface area contributed by atoms with E-state index in [9.17, 15) is 4.79 Å². The summed E-state index contributed by atoms with van der Waals surface area (Å²) in [6, 6.07) is 18.4. The van der Waals surface area contributed by atoms with Gasteiger partial charge in [0.15, 0.2) is 0 Å². The molecule has 6 nitrogen and oxygen atoms in total. The minimum atomic E-state index is -0.193. The molecule has 4 rings (SSSR count). The number of aromatic nitrogens is 1. The Balaban J connectivity index is 1.36. The van der Waals surface area contributed by atoms with Crippen molar-refractivity contribution in [3.05, 3.63) is 83.1 Å². The molecule has 1 amide bonds. The van der Waals surface area contributed by atoms with Crippen LogP contribution in [-0.4, -0.2) is 37.2 Å². The Morgan fingerprint density at radius 2 is 1.90 bits per heavy atom. The maximum atomic E-state index is 12.6. The molecule has 0 spiro atoms. The number of nitrogens with zero attached hydrogens (tertiary/aromatic N) is 2. The number of benzene rings is 2. The van der Waals surface area contributed by atoms with Crippen LogP contribution in [0.5, 0.6) is 5.75 Å². The lowest BCUT2D eigenvalue weighted by molar-refractivity contribution is 0.102. The Morgan fingerprint density at radius 3 is 2.60 bits per heavy atom. The van der Waals surface area contributed by atoms with Gasteiger partial charge in [0, 0.05) is 36.2 Å². The van der Waals surface area contributed by atoms with Crippen LogP contribution in [0.15, 0.2) is 66.9 Å². The van der Waals surface area contributed by atoms with Crippen molar-refractivity contribution in [3.8, 4) is 5.75 Å². The molecule has 1 saturated heterocycles. The predicted molar refractivity (Wildman–Crippen MR) is 117 cm³/mol. The first-order valence-corrected chi connectivity index (χ1v) is 10.1. The van der Waals surface area contributed by atoms with E-state index in [1.165, 1.54) is 0 Å². The summed E-state index contributed by atoms with van der Waals surface area (Å²) in [4.78, 5) is 19.0. The van der Waals surface area contributed by atoms with E-state index in [4.69, 9.17) is 21.1 Å². The molecule has 0 atom stereocenters. The van der Waals surface area contributed by atoms with E-state index in [1.807, 2.05) is 42.5 Å². The molecule has 0 radical (unpaired) electrons. The van der Waals surface area contributed by atoms with Gasteiger partial charge in [0.05, 0.1) is 23.9 Å². The molecule has 1 N–H and O–H groups in total. The van der Waals surface area contributed by atoms with Crippen LogP contribution < -0.4 is 15.0 Å². The zero-order chi connectivity index (χ0) is 20.8. The van der Waals surface area contributed by atoms with Crippen molar-refractivity contribution < 1.29 is 14.3 Å². The average Bonchev–Trinajstić information content (AvgIpc) is 2.80. The smallest absolute Gasteiger partial charge is 0.255 e. The summed E-state index contributed by atoms with van der Waals surface area (Å²) in [7, 11) is 0. The lowest BCUT2D eigenvalue weighted by atomic mass is 10.1. The van der Waals surface area contributed by atoms with E-state index in [2.05, 4.69) is 15.2 Å². The van der Waals surface area contributed by atoms with Gasteiger partial charge in [-0.15, -0.1) is 0 Å². The number of halogens is 1. The topological polar surface area (TPSA) is 63.7 Å². The van der Waals surface area contributed by atoms with Crippen molar-refractivity contribution in [1.29, 1.82) is 0 Å². The zero-order valence-electron chi connectivity index (χ0n) is 16.4. The molecule has 1 fully saturated rings. The molecular formula is C23H22ClN3O3.